The first-order valence-corrected chi connectivity index (χ1v) is 7.38. The second kappa shape index (κ2) is 7.41. The minimum Gasteiger partial charge on any atom is -0.355 e. The predicted molar refractivity (Wildman–Crippen MR) is 72.8 cm³/mol. The number of rotatable bonds is 6. The van der Waals surface area contributed by atoms with E-state index < -0.39 is 5.41 Å². The third kappa shape index (κ3) is 3.73. The van der Waals surface area contributed by atoms with E-state index in [1.54, 1.807) is 0 Å². The summed E-state index contributed by atoms with van der Waals surface area (Å²) in [5.41, 5.74) is -0.813. The maximum absolute atomic E-state index is 12.1. The van der Waals surface area contributed by atoms with Crippen molar-refractivity contribution in [2.45, 2.75) is 65.2 Å². The molecule has 1 N–H and O–H groups in total. The zero-order valence-electron chi connectivity index (χ0n) is 11.8. The van der Waals surface area contributed by atoms with Crippen LogP contribution >= 0.6 is 0 Å². The molecule has 1 aliphatic rings. The molecule has 0 aromatic rings. The number of hydrogen-bond donors (Lipinski definition) is 1. The molecule has 1 saturated carbocycles. The third-order valence-corrected chi connectivity index (χ3v) is 4.42. The lowest BCUT2D eigenvalue weighted by atomic mass is 9.83. The summed E-state index contributed by atoms with van der Waals surface area (Å²) < 4.78 is 0. The van der Waals surface area contributed by atoms with E-state index in [4.69, 9.17) is 0 Å². The molecular formula is C15H26N2O. The summed E-state index contributed by atoms with van der Waals surface area (Å²) in [6, 6.07) is 2.19. The molecule has 3 nitrogen and oxygen atoms in total. The molecule has 0 aromatic heterocycles. The van der Waals surface area contributed by atoms with Gasteiger partial charge in [-0.3, -0.25) is 4.79 Å². The molecule has 0 unspecified atom stereocenters. The van der Waals surface area contributed by atoms with Crippen molar-refractivity contribution >= 4 is 5.91 Å². The van der Waals surface area contributed by atoms with Crippen molar-refractivity contribution in [3.05, 3.63) is 0 Å². The van der Waals surface area contributed by atoms with Gasteiger partial charge in [-0.25, -0.2) is 0 Å². The summed E-state index contributed by atoms with van der Waals surface area (Å²) in [5, 5.41) is 12.1. The van der Waals surface area contributed by atoms with Crippen LogP contribution in [0, 0.1) is 22.7 Å². The molecule has 0 aliphatic heterocycles. The van der Waals surface area contributed by atoms with Crippen molar-refractivity contribution in [2.24, 2.45) is 11.3 Å². The van der Waals surface area contributed by atoms with Crippen LogP contribution in [0.5, 0.6) is 0 Å². The molecule has 3 heteroatoms. The molecule has 1 fully saturated rings. The number of carbonyl (C=O) groups is 1. The van der Waals surface area contributed by atoms with E-state index in [2.05, 4.69) is 11.4 Å². The van der Waals surface area contributed by atoms with Crippen molar-refractivity contribution in [2.75, 3.05) is 6.54 Å². The molecule has 0 spiro atoms. The smallest absolute Gasteiger partial charge is 0.240 e. The Morgan fingerprint density at radius 1 is 1.28 bits per heavy atom. The van der Waals surface area contributed by atoms with E-state index in [0.29, 0.717) is 12.8 Å². The fraction of sp³-hybridized carbons (Fsp3) is 0.867. The van der Waals surface area contributed by atoms with Crippen LogP contribution in [0.15, 0.2) is 0 Å². The summed E-state index contributed by atoms with van der Waals surface area (Å²) in [7, 11) is 0. The quantitative estimate of drug-likeness (QED) is 0.785. The highest BCUT2D eigenvalue weighted by Crippen LogP contribution is 2.27. The highest BCUT2D eigenvalue weighted by atomic mass is 16.2. The van der Waals surface area contributed by atoms with Gasteiger partial charge in [0.05, 0.1) is 6.07 Å². The van der Waals surface area contributed by atoms with Crippen LogP contribution in [0.4, 0.5) is 0 Å². The van der Waals surface area contributed by atoms with E-state index in [1.807, 2.05) is 13.8 Å². The van der Waals surface area contributed by atoms with E-state index >= 15 is 0 Å². The Labute approximate surface area is 111 Å². The van der Waals surface area contributed by atoms with Crippen LogP contribution in [0.1, 0.15) is 65.2 Å². The first kappa shape index (κ1) is 15.0. The minimum absolute atomic E-state index is 0.0780. The number of nitrogens with zero attached hydrogens (tertiary/aromatic N) is 1. The van der Waals surface area contributed by atoms with Crippen molar-refractivity contribution in [3.63, 3.8) is 0 Å². The Kier molecular flexibility index (Phi) is 6.18. The highest BCUT2D eigenvalue weighted by molar-refractivity contribution is 5.85. The summed E-state index contributed by atoms with van der Waals surface area (Å²) in [5.74, 6) is 0.699. The predicted octanol–water partition coefficient (Wildman–Crippen LogP) is 3.40. The number of hydrogen-bond acceptors (Lipinski definition) is 2. The molecule has 18 heavy (non-hydrogen) atoms. The number of amides is 1. The van der Waals surface area contributed by atoms with Crippen LogP contribution in [-0.4, -0.2) is 12.5 Å². The zero-order valence-corrected chi connectivity index (χ0v) is 11.8. The van der Waals surface area contributed by atoms with Gasteiger partial charge in [0, 0.05) is 6.54 Å². The first-order valence-electron chi connectivity index (χ1n) is 7.38. The van der Waals surface area contributed by atoms with Gasteiger partial charge in [-0.15, -0.1) is 0 Å². The largest absolute Gasteiger partial charge is 0.355 e. The molecule has 102 valence electrons. The van der Waals surface area contributed by atoms with Crippen LogP contribution in [-0.2, 0) is 4.79 Å². The number of nitriles is 1. The lowest BCUT2D eigenvalue weighted by molar-refractivity contribution is -0.128. The first-order chi connectivity index (χ1) is 8.68. The fourth-order valence-electron chi connectivity index (χ4n) is 2.81. The Hall–Kier alpha value is -1.04. The third-order valence-electron chi connectivity index (χ3n) is 4.42. The second-order valence-corrected chi connectivity index (χ2v) is 5.45. The highest BCUT2D eigenvalue weighted by Gasteiger charge is 2.34. The maximum Gasteiger partial charge on any atom is 0.240 e. The number of carbonyl (C=O) groups excluding carboxylic acids is 1. The van der Waals surface area contributed by atoms with E-state index in [0.717, 1.165) is 18.9 Å². The van der Waals surface area contributed by atoms with E-state index in [1.165, 1.54) is 32.1 Å². The Morgan fingerprint density at radius 3 is 2.39 bits per heavy atom. The Morgan fingerprint density at radius 2 is 1.89 bits per heavy atom. The zero-order chi connectivity index (χ0) is 13.4. The van der Waals surface area contributed by atoms with Crippen LogP contribution in [0.2, 0.25) is 0 Å². The minimum atomic E-state index is -0.813. The van der Waals surface area contributed by atoms with Gasteiger partial charge in [0.2, 0.25) is 5.91 Å². The molecule has 0 radical (unpaired) electrons. The van der Waals surface area contributed by atoms with Crippen LogP contribution < -0.4 is 5.32 Å². The summed E-state index contributed by atoms with van der Waals surface area (Å²) in [4.78, 5) is 12.1. The lowest BCUT2D eigenvalue weighted by Crippen LogP contribution is -2.40. The topological polar surface area (TPSA) is 52.9 Å². The monoisotopic (exact) mass is 250 g/mol. The molecule has 0 saturated heterocycles. The van der Waals surface area contributed by atoms with Gasteiger partial charge < -0.3 is 5.32 Å². The van der Waals surface area contributed by atoms with Crippen molar-refractivity contribution in [1.82, 2.24) is 5.32 Å². The van der Waals surface area contributed by atoms with E-state index in [9.17, 15) is 10.1 Å². The normalized spacial score (nSPS) is 17.2. The van der Waals surface area contributed by atoms with Crippen LogP contribution in [0.25, 0.3) is 0 Å². The summed E-state index contributed by atoms with van der Waals surface area (Å²) >= 11 is 0. The van der Waals surface area contributed by atoms with E-state index in [-0.39, 0.29) is 5.91 Å². The average Bonchev–Trinajstić information content (AvgIpc) is 2.42. The molecule has 1 aliphatic carbocycles. The molecule has 0 bridgehead atoms. The molecule has 0 atom stereocenters. The van der Waals surface area contributed by atoms with Crippen molar-refractivity contribution in [3.8, 4) is 6.07 Å². The second-order valence-electron chi connectivity index (χ2n) is 5.45. The van der Waals surface area contributed by atoms with Gasteiger partial charge in [0.25, 0.3) is 0 Å². The maximum atomic E-state index is 12.1. The van der Waals surface area contributed by atoms with Crippen LogP contribution in [0.3, 0.4) is 0 Å². The molecule has 0 heterocycles. The Balaban J connectivity index is 2.33. The molecular weight excluding hydrogens is 224 g/mol. The number of nitrogens with one attached hydrogen (secondary N) is 1. The standard InChI is InChI=1S/C15H26N2O/c1-3-15(4-2,12-16)14(18)17-11-10-13-8-6-5-7-9-13/h13H,3-11H2,1-2H3,(H,17,18). The van der Waals surface area contributed by atoms with Gasteiger partial charge in [-0.2, -0.15) is 5.26 Å². The fourth-order valence-corrected chi connectivity index (χ4v) is 2.81. The van der Waals surface area contributed by atoms with Gasteiger partial charge in [-0.1, -0.05) is 46.0 Å². The van der Waals surface area contributed by atoms with Crippen molar-refractivity contribution < 1.29 is 4.79 Å². The summed E-state index contributed by atoms with van der Waals surface area (Å²) in [6.07, 6.45) is 8.91. The molecule has 1 rings (SSSR count). The Bertz CT molecular complexity index is 296. The van der Waals surface area contributed by atoms with Gasteiger partial charge in [-0.05, 0) is 25.2 Å². The average molecular weight is 250 g/mol. The van der Waals surface area contributed by atoms with Gasteiger partial charge in [0.15, 0.2) is 0 Å². The van der Waals surface area contributed by atoms with Gasteiger partial charge in [0.1, 0.15) is 5.41 Å². The lowest BCUT2D eigenvalue weighted by Gasteiger charge is -2.24. The molecule has 1 amide bonds. The summed E-state index contributed by atoms with van der Waals surface area (Å²) in [6.45, 7) is 4.55. The SMILES string of the molecule is CCC(C#N)(CC)C(=O)NCCC1CCCCC1. The molecule has 0 aromatic carbocycles. The van der Waals surface area contributed by atoms with Crippen molar-refractivity contribution in [1.29, 1.82) is 5.26 Å². The van der Waals surface area contributed by atoms with Gasteiger partial charge >= 0.3 is 0 Å².